The molecule has 0 radical (unpaired) electrons. The Morgan fingerprint density at radius 1 is 1.00 bits per heavy atom. The molecule has 1 rings (SSSR count). The molecule has 1 fully saturated rings. The molecule has 1 aliphatic carbocycles. The third-order valence-electron chi connectivity index (χ3n) is 3.30. The van der Waals surface area contributed by atoms with E-state index in [0.717, 1.165) is 25.7 Å². The van der Waals surface area contributed by atoms with Gasteiger partial charge in [-0.3, -0.25) is 0 Å². The van der Waals surface area contributed by atoms with Crippen molar-refractivity contribution in [2.45, 2.75) is 44.6 Å². The van der Waals surface area contributed by atoms with Crippen LogP contribution < -0.4 is 10.6 Å². The predicted octanol–water partition coefficient (Wildman–Crippen LogP) is 1.45. The highest BCUT2D eigenvalue weighted by molar-refractivity contribution is 4.71. The van der Waals surface area contributed by atoms with Crippen molar-refractivity contribution < 1.29 is 0 Å². The summed E-state index contributed by atoms with van der Waals surface area (Å²) in [5, 5.41) is 7.14. The van der Waals surface area contributed by atoms with Crippen LogP contribution in [0.5, 0.6) is 0 Å². The van der Waals surface area contributed by atoms with Gasteiger partial charge in [0.1, 0.15) is 0 Å². The molecule has 2 N–H and O–H groups in total. The van der Waals surface area contributed by atoms with Crippen LogP contribution in [0.25, 0.3) is 0 Å². The topological polar surface area (TPSA) is 27.3 Å². The minimum atomic E-state index is 0.803. The summed E-state index contributed by atoms with van der Waals surface area (Å²) in [6, 6.07) is 0.803. The summed E-state index contributed by atoms with van der Waals surface area (Å²) in [6.07, 6.45) is 8.32. The van der Waals surface area contributed by atoms with E-state index >= 15 is 0 Å². The van der Waals surface area contributed by atoms with Crippen LogP contribution in [0.3, 0.4) is 0 Å². The summed E-state index contributed by atoms with van der Waals surface area (Å²) in [7, 11) is 4.26. The minimum absolute atomic E-state index is 0.803. The van der Waals surface area contributed by atoms with Crippen LogP contribution in [-0.2, 0) is 0 Å². The van der Waals surface area contributed by atoms with Gasteiger partial charge in [0.05, 0.1) is 0 Å². The van der Waals surface area contributed by atoms with E-state index < -0.39 is 0 Å². The lowest BCUT2D eigenvalue weighted by Gasteiger charge is -2.22. The van der Waals surface area contributed by atoms with Crippen molar-refractivity contribution in [3.63, 3.8) is 0 Å². The van der Waals surface area contributed by atoms with Gasteiger partial charge in [-0.2, -0.15) is 0 Å². The molecule has 0 spiro atoms. The molecule has 0 saturated heterocycles. The van der Waals surface area contributed by atoms with E-state index in [1.54, 1.807) is 0 Å². The summed E-state index contributed by atoms with van der Waals surface area (Å²) in [5.41, 5.74) is 0. The zero-order valence-electron chi connectivity index (χ0n) is 11.1. The van der Waals surface area contributed by atoms with Crippen LogP contribution in [0.15, 0.2) is 0 Å². The van der Waals surface area contributed by atoms with Crippen molar-refractivity contribution in [1.82, 2.24) is 15.5 Å². The summed E-state index contributed by atoms with van der Waals surface area (Å²) >= 11 is 0. The van der Waals surface area contributed by atoms with Gasteiger partial charge >= 0.3 is 0 Å². The van der Waals surface area contributed by atoms with E-state index in [2.05, 4.69) is 29.6 Å². The smallest absolute Gasteiger partial charge is 0.00793 e. The van der Waals surface area contributed by atoms with Gasteiger partial charge < -0.3 is 15.5 Å². The van der Waals surface area contributed by atoms with Crippen molar-refractivity contribution in [3.05, 3.63) is 0 Å². The molecular weight excluding hydrogens is 198 g/mol. The maximum Gasteiger partial charge on any atom is 0.00793 e. The lowest BCUT2D eigenvalue weighted by Crippen LogP contribution is -2.36. The van der Waals surface area contributed by atoms with Gasteiger partial charge in [-0.05, 0) is 46.4 Å². The molecule has 3 nitrogen and oxygen atoms in total. The lowest BCUT2D eigenvalue weighted by atomic mass is 9.95. The Labute approximate surface area is 101 Å². The monoisotopic (exact) mass is 227 g/mol. The van der Waals surface area contributed by atoms with Crippen LogP contribution in [0.2, 0.25) is 0 Å². The van der Waals surface area contributed by atoms with E-state index in [0.29, 0.717) is 0 Å². The summed E-state index contributed by atoms with van der Waals surface area (Å²) < 4.78 is 0. The number of nitrogens with zero attached hydrogens (tertiary/aromatic N) is 1. The molecule has 1 saturated carbocycles. The van der Waals surface area contributed by atoms with Crippen LogP contribution in [0.1, 0.15) is 38.5 Å². The molecule has 0 bridgehead atoms. The number of hydrogen-bond acceptors (Lipinski definition) is 3. The highest BCUT2D eigenvalue weighted by atomic mass is 15.1. The Balaban J connectivity index is 1.80. The second kappa shape index (κ2) is 8.97. The average molecular weight is 227 g/mol. The zero-order valence-corrected chi connectivity index (χ0v) is 11.1. The molecule has 0 unspecified atom stereocenters. The summed E-state index contributed by atoms with van der Waals surface area (Å²) in [4.78, 5) is 2.24. The third kappa shape index (κ3) is 7.20. The Kier molecular flexibility index (Phi) is 7.81. The Hall–Kier alpha value is -0.120. The fourth-order valence-corrected chi connectivity index (χ4v) is 2.32. The van der Waals surface area contributed by atoms with Crippen molar-refractivity contribution >= 4 is 0 Å². The first-order valence-electron chi connectivity index (χ1n) is 6.88. The average Bonchev–Trinajstić information content (AvgIpc) is 2.29. The van der Waals surface area contributed by atoms with E-state index in [1.807, 2.05) is 0 Å². The van der Waals surface area contributed by atoms with Crippen LogP contribution in [0, 0.1) is 0 Å². The molecule has 0 heterocycles. The maximum absolute atomic E-state index is 3.65. The molecule has 16 heavy (non-hydrogen) atoms. The van der Waals surface area contributed by atoms with E-state index in [1.165, 1.54) is 45.1 Å². The maximum atomic E-state index is 3.65. The fraction of sp³-hybridized carbons (Fsp3) is 1.00. The quantitative estimate of drug-likeness (QED) is 0.615. The molecule has 0 amide bonds. The fourth-order valence-electron chi connectivity index (χ4n) is 2.32. The molecule has 96 valence electrons. The molecule has 3 heteroatoms. The Morgan fingerprint density at radius 3 is 2.44 bits per heavy atom. The zero-order chi connectivity index (χ0) is 11.6. The number of nitrogens with one attached hydrogen (secondary N) is 2. The van der Waals surface area contributed by atoms with Gasteiger partial charge in [0.25, 0.3) is 0 Å². The molecule has 0 aromatic heterocycles. The standard InChI is InChI=1S/C13H29N3/c1-16(2)12-6-9-14-10-11-15-13-7-4-3-5-8-13/h13-15H,3-12H2,1-2H3. The first kappa shape index (κ1) is 13.9. The first-order valence-corrected chi connectivity index (χ1v) is 6.88. The highest BCUT2D eigenvalue weighted by Gasteiger charge is 2.11. The van der Waals surface area contributed by atoms with Crippen molar-refractivity contribution in [3.8, 4) is 0 Å². The van der Waals surface area contributed by atoms with Crippen LogP contribution >= 0.6 is 0 Å². The lowest BCUT2D eigenvalue weighted by molar-refractivity contribution is 0.368. The van der Waals surface area contributed by atoms with Gasteiger partial charge in [0.2, 0.25) is 0 Å². The van der Waals surface area contributed by atoms with Gasteiger partial charge in [0, 0.05) is 19.1 Å². The molecule has 0 aliphatic heterocycles. The van der Waals surface area contributed by atoms with Gasteiger partial charge in [0.15, 0.2) is 0 Å². The SMILES string of the molecule is CN(C)CCCNCCNC1CCCCC1. The largest absolute Gasteiger partial charge is 0.315 e. The van der Waals surface area contributed by atoms with Gasteiger partial charge in [-0.15, -0.1) is 0 Å². The van der Waals surface area contributed by atoms with Gasteiger partial charge in [-0.25, -0.2) is 0 Å². The molecule has 0 aromatic rings. The van der Waals surface area contributed by atoms with E-state index in [-0.39, 0.29) is 0 Å². The first-order chi connectivity index (χ1) is 7.79. The third-order valence-corrected chi connectivity index (χ3v) is 3.30. The molecule has 0 atom stereocenters. The normalized spacial score (nSPS) is 18.2. The second-order valence-corrected chi connectivity index (χ2v) is 5.20. The molecule has 0 aromatic carbocycles. The molecular formula is C13H29N3. The van der Waals surface area contributed by atoms with Crippen LogP contribution in [0.4, 0.5) is 0 Å². The number of rotatable bonds is 8. The summed E-state index contributed by atoms with van der Waals surface area (Å²) in [5.74, 6) is 0. The Bertz CT molecular complexity index is 153. The van der Waals surface area contributed by atoms with Crippen molar-refractivity contribution in [2.75, 3.05) is 40.3 Å². The Morgan fingerprint density at radius 2 is 1.75 bits per heavy atom. The second-order valence-electron chi connectivity index (χ2n) is 5.20. The number of hydrogen-bond donors (Lipinski definition) is 2. The van der Waals surface area contributed by atoms with Crippen LogP contribution in [-0.4, -0.2) is 51.2 Å². The van der Waals surface area contributed by atoms with Crippen molar-refractivity contribution in [1.29, 1.82) is 0 Å². The van der Waals surface area contributed by atoms with E-state index in [4.69, 9.17) is 0 Å². The van der Waals surface area contributed by atoms with Gasteiger partial charge in [-0.1, -0.05) is 19.3 Å². The van der Waals surface area contributed by atoms with E-state index in [9.17, 15) is 0 Å². The summed E-state index contributed by atoms with van der Waals surface area (Å²) in [6.45, 7) is 4.57. The molecule has 1 aliphatic rings. The predicted molar refractivity (Wildman–Crippen MR) is 70.9 cm³/mol. The minimum Gasteiger partial charge on any atom is -0.315 e. The van der Waals surface area contributed by atoms with Crippen molar-refractivity contribution in [2.24, 2.45) is 0 Å². The highest BCUT2D eigenvalue weighted by Crippen LogP contribution is 2.16.